The lowest BCUT2D eigenvalue weighted by Gasteiger charge is -2.19. The molecule has 0 heterocycles. The zero-order valence-corrected chi connectivity index (χ0v) is 11.5. The Kier molecular flexibility index (Phi) is 6.71. The third-order valence-electron chi connectivity index (χ3n) is 3.06. The first kappa shape index (κ1) is 14.0. The lowest BCUT2D eigenvalue weighted by Crippen LogP contribution is -2.29. The first-order valence-corrected chi connectivity index (χ1v) is 6.72. The molecular formula is C15H26N2. The van der Waals surface area contributed by atoms with E-state index in [0.29, 0.717) is 0 Å². The maximum atomic E-state index is 3.49. The zero-order chi connectivity index (χ0) is 12.5. The van der Waals surface area contributed by atoms with Crippen molar-refractivity contribution in [2.75, 3.05) is 31.6 Å². The van der Waals surface area contributed by atoms with Crippen molar-refractivity contribution in [2.24, 2.45) is 0 Å². The molecule has 0 aliphatic carbocycles. The number of hydrogen-bond donors (Lipinski definition) is 1. The van der Waals surface area contributed by atoms with Crippen LogP contribution in [-0.2, 0) is 0 Å². The summed E-state index contributed by atoms with van der Waals surface area (Å²) in [5.41, 5.74) is 2.62. The summed E-state index contributed by atoms with van der Waals surface area (Å²) in [4.78, 5) is 2.30. The molecule has 17 heavy (non-hydrogen) atoms. The van der Waals surface area contributed by atoms with Crippen molar-refractivity contribution in [3.05, 3.63) is 29.8 Å². The standard InChI is InChI=1S/C15H26N2/c1-4-5-6-11-16-12-13-17(3)15-9-7-14(2)8-10-15/h7-10,16H,4-6,11-13H2,1-3H3. The molecule has 0 amide bonds. The molecule has 0 atom stereocenters. The summed E-state index contributed by atoms with van der Waals surface area (Å²) in [6.07, 6.45) is 3.93. The second-order valence-electron chi connectivity index (χ2n) is 4.71. The minimum atomic E-state index is 1.06. The van der Waals surface area contributed by atoms with Crippen LogP contribution in [0.1, 0.15) is 31.7 Å². The van der Waals surface area contributed by atoms with Gasteiger partial charge in [-0.05, 0) is 32.0 Å². The second-order valence-corrected chi connectivity index (χ2v) is 4.71. The fourth-order valence-electron chi connectivity index (χ4n) is 1.80. The van der Waals surface area contributed by atoms with Gasteiger partial charge in [0.25, 0.3) is 0 Å². The Morgan fingerprint density at radius 3 is 2.41 bits per heavy atom. The number of nitrogens with one attached hydrogen (secondary N) is 1. The van der Waals surface area contributed by atoms with Crippen LogP contribution >= 0.6 is 0 Å². The Balaban J connectivity index is 2.16. The predicted molar refractivity (Wildman–Crippen MR) is 76.8 cm³/mol. The highest BCUT2D eigenvalue weighted by Crippen LogP contribution is 2.12. The molecule has 2 nitrogen and oxygen atoms in total. The summed E-state index contributed by atoms with van der Waals surface area (Å²) in [6.45, 7) is 7.64. The zero-order valence-electron chi connectivity index (χ0n) is 11.5. The van der Waals surface area contributed by atoms with Gasteiger partial charge in [-0.1, -0.05) is 37.5 Å². The van der Waals surface area contributed by atoms with Gasteiger partial charge in [0.05, 0.1) is 0 Å². The SMILES string of the molecule is CCCCCNCCN(C)c1ccc(C)cc1. The summed E-state index contributed by atoms with van der Waals surface area (Å²) < 4.78 is 0. The van der Waals surface area contributed by atoms with E-state index in [1.165, 1.54) is 30.5 Å². The van der Waals surface area contributed by atoms with Gasteiger partial charge in [-0.15, -0.1) is 0 Å². The Labute approximate surface area is 106 Å². The first-order valence-electron chi connectivity index (χ1n) is 6.72. The van der Waals surface area contributed by atoms with Crippen LogP contribution < -0.4 is 10.2 Å². The van der Waals surface area contributed by atoms with Crippen LogP contribution in [0.25, 0.3) is 0 Å². The molecule has 0 aromatic heterocycles. The van der Waals surface area contributed by atoms with Crippen LogP contribution in [0.5, 0.6) is 0 Å². The van der Waals surface area contributed by atoms with Crippen molar-refractivity contribution >= 4 is 5.69 Å². The molecular weight excluding hydrogens is 208 g/mol. The van der Waals surface area contributed by atoms with E-state index < -0.39 is 0 Å². The number of rotatable bonds is 8. The normalized spacial score (nSPS) is 10.5. The van der Waals surface area contributed by atoms with Gasteiger partial charge in [-0.3, -0.25) is 0 Å². The fourth-order valence-corrected chi connectivity index (χ4v) is 1.80. The Bertz CT molecular complexity index is 292. The number of hydrogen-bond acceptors (Lipinski definition) is 2. The topological polar surface area (TPSA) is 15.3 Å². The van der Waals surface area contributed by atoms with Gasteiger partial charge in [0.15, 0.2) is 0 Å². The highest BCUT2D eigenvalue weighted by atomic mass is 15.1. The molecule has 0 aliphatic rings. The smallest absolute Gasteiger partial charge is 0.0364 e. The van der Waals surface area contributed by atoms with Gasteiger partial charge in [0, 0.05) is 25.8 Å². The Morgan fingerprint density at radius 1 is 1.06 bits per heavy atom. The molecule has 1 aromatic rings. The molecule has 96 valence electrons. The van der Waals surface area contributed by atoms with Gasteiger partial charge in [-0.25, -0.2) is 0 Å². The van der Waals surface area contributed by atoms with Crippen LogP contribution in [0.3, 0.4) is 0 Å². The van der Waals surface area contributed by atoms with E-state index in [1.54, 1.807) is 0 Å². The van der Waals surface area contributed by atoms with Gasteiger partial charge < -0.3 is 10.2 Å². The average Bonchev–Trinajstić information content (AvgIpc) is 2.34. The van der Waals surface area contributed by atoms with E-state index >= 15 is 0 Å². The molecule has 0 radical (unpaired) electrons. The van der Waals surface area contributed by atoms with Gasteiger partial charge in [0.2, 0.25) is 0 Å². The van der Waals surface area contributed by atoms with Crippen molar-refractivity contribution in [3.63, 3.8) is 0 Å². The van der Waals surface area contributed by atoms with Crippen LogP contribution in [0.2, 0.25) is 0 Å². The lowest BCUT2D eigenvalue weighted by atomic mass is 10.2. The predicted octanol–water partition coefficient (Wildman–Crippen LogP) is 3.21. The van der Waals surface area contributed by atoms with Crippen molar-refractivity contribution in [1.82, 2.24) is 5.32 Å². The molecule has 1 rings (SSSR count). The first-order chi connectivity index (χ1) is 8.24. The van der Waals surface area contributed by atoms with Gasteiger partial charge in [0.1, 0.15) is 0 Å². The average molecular weight is 234 g/mol. The maximum Gasteiger partial charge on any atom is 0.0364 e. The number of anilines is 1. The van der Waals surface area contributed by atoms with E-state index in [2.05, 4.69) is 55.4 Å². The summed E-state index contributed by atoms with van der Waals surface area (Å²) >= 11 is 0. The summed E-state index contributed by atoms with van der Waals surface area (Å²) in [7, 11) is 2.15. The molecule has 1 N–H and O–H groups in total. The van der Waals surface area contributed by atoms with E-state index in [4.69, 9.17) is 0 Å². The van der Waals surface area contributed by atoms with Gasteiger partial charge >= 0.3 is 0 Å². The number of aryl methyl sites for hydroxylation is 1. The van der Waals surface area contributed by atoms with Crippen LogP contribution in [-0.4, -0.2) is 26.7 Å². The van der Waals surface area contributed by atoms with Crippen LogP contribution in [0.4, 0.5) is 5.69 Å². The van der Waals surface area contributed by atoms with Crippen LogP contribution in [0, 0.1) is 6.92 Å². The van der Waals surface area contributed by atoms with E-state index in [1.807, 2.05) is 0 Å². The summed E-state index contributed by atoms with van der Waals surface area (Å²) in [6, 6.07) is 8.71. The molecule has 0 saturated heterocycles. The highest BCUT2D eigenvalue weighted by Gasteiger charge is 1.99. The number of unbranched alkanes of at least 4 members (excludes halogenated alkanes) is 2. The lowest BCUT2D eigenvalue weighted by molar-refractivity contribution is 0.615. The third kappa shape index (κ3) is 5.73. The van der Waals surface area contributed by atoms with E-state index in [9.17, 15) is 0 Å². The molecule has 0 bridgehead atoms. The molecule has 1 aromatic carbocycles. The fraction of sp³-hybridized carbons (Fsp3) is 0.600. The van der Waals surface area contributed by atoms with E-state index in [0.717, 1.165) is 19.6 Å². The largest absolute Gasteiger partial charge is 0.373 e. The maximum absolute atomic E-state index is 3.49. The minimum Gasteiger partial charge on any atom is -0.373 e. The Morgan fingerprint density at radius 2 is 1.76 bits per heavy atom. The van der Waals surface area contributed by atoms with Crippen molar-refractivity contribution in [2.45, 2.75) is 33.1 Å². The third-order valence-corrected chi connectivity index (χ3v) is 3.06. The number of nitrogens with zero attached hydrogens (tertiary/aromatic N) is 1. The highest BCUT2D eigenvalue weighted by molar-refractivity contribution is 5.46. The number of likely N-dealkylation sites (N-methyl/N-ethyl adjacent to an activating group) is 1. The monoisotopic (exact) mass is 234 g/mol. The van der Waals surface area contributed by atoms with Gasteiger partial charge in [-0.2, -0.15) is 0 Å². The summed E-state index contributed by atoms with van der Waals surface area (Å²) in [5.74, 6) is 0. The quantitative estimate of drug-likeness (QED) is 0.695. The number of benzene rings is 1. The molecule has 0 spiro atoms. The van der Waals surface area contributed by atoms with Crippen molar-refractivity contribution in [3.8, 4) is 0 Å². The Hall–Kier alpha value is -1.02. The van der Waals surface area contributed by atoms with E-state index in [-0.39, 0.29) is 0 Å². The minimum absolute atomic E-state index is 1.06. The molecule has 2 heteroatoms. The van der Waals surface area contributed by atoms with Crippen molar-refractivity contribution in [1.29, 1.82) is 0 Å². The van der Waals surface area contributed by atoms with Crippen molar-refractivity contribution < 1.29 is 0 Å². The molecule has 0 unspecified atom stereocenters. The molecule has 0 fully saturated rings. The molecule has 0 aliphatic heterocycles. The van der Waals surface area contributed by atoms with Crippen LogP contribution in [0.15, 0.2) is 24.3 Å². The second kappa shape index (κ2) is 8.13. The summed E-state index contributed by atoms with van der Waals surface area (Å²) in [5, 5.41) is 3.49. The molecule has 0 saturated carbocycles.